The zero-order chi connectivity index (χ0) is 17.9. The molecule has 4 heteroatoms. The van der Waals surface area contributed by atoms with Crippen LogP contribution in [0.4, 0.5) is 0 Å². The summed E-state index contributed by atoms with van der Waals surface area (Å²) in [6.07, 6.45) is 14.4. The van der Waals surface area contributed by atoms with Gasteiger partial charge < -0.3 is 14.6 Å². The van der Waals surface area contributed by atoms with Gasteiger partial charge in [0.15, 0.2) is 6.10 Å². The molecule has 144 valence electrons. The van der Waals surface area contributed by atoms with E-state index in [0.29, 0.717) is 19.6 Å². The van der Waals surface area contributed by atoms with E-state index in [9.17, 15) is 9.90 Å². The zero-order valence-corrected chi connectivity index (χ0v) is 16.1. The van der Waals surface area contributed by atoms with Crippen molar-refractivity contribution in [2.75, 3.05) is 19.8 Å². The largest absolute Gasteiger partial charge is 0.479 e. The van der Waals surface area contributed by atoms with Crippen LogP contribution in [0, 0.1) is 0 Å². The third kappa shape index (κ3) is 16.3. The molecule has 0 bridgehead atoms. The normalized spacial score (nSPS) is 12.4. The van der Waals surface area contributed by atoms with Crippen LogP contribution in [0.15, 0.2) is 0 Å². The molecule has 0 heterocycles. The van der Waals surface area contributed by atoms with Crippen molar-refractivity contribution in [3.8, 4) is 0 Å². The van der Waals surface area contributed by atoms with E-state index in [1.807, 2.05) is 0 Å². The first-order chi connectivity index (χ1) is 11.7. The molecule has 0 aliphatic heterocycles. The molecule has 0 radical (unpaired) electrons. The Bertz CT molecular complexity index is 248. The van der Waals surface area contributed by atoms with E-state index >= 15 is 0 Å². The van der Waals surface area contributed by atoms with Crippen LogP contribution in [0.5, 0.6) is 0 Å². The summed E-state index contributed by atoms with van der Waals surface area (Å²) in [5.41, 5.74) is 0. The maximum Gasteiger partial charge on any atom is 0.332 e. The molecule has 0 saturated heterocycles. The topological polar surface area (TPSA) is 55.8 Å². The van der Waals surface area contributed by atoms with Crippen molar-refractivity contribution in [2.45, 2.75) is 103 Å². The molecule has 0 amide bonds. The third-order valence-corrected chi connectivity index (χ3v) is 4.28. The van der Waals surface area contributed by atoms with Gasteiger partial charge in [0, 0.05) is 6.61 Å². The minimum absolute atomic E-state index is 0.377. The lowest BCUT2D eigenvalue weighted by molar-refractivity contribution is -0.151. The van der Waals surface area contributed by atoms with Crippen molar-refractivity contribution in [1.82, 2.24) is 0 Å². The third-order valence-electron chi connectivity index (χ3n) is 4.28. The Morgan fingerprint density at radius 2 is 1.29 bits per heavy atom. The highest BCUT2D eigenvalue weighted by molar-refractivity contribution is 5.72. The average Bonchev–Trinajstić information content (AvgIpc) is 2.57. The lowest BCUT2D eigenvalue weighted by Gasteiger charge is -2.13. The number of unbranched alkanes of at least 4 members (excludes halogenated alkanes) is 10. The number of carbonyl (C=O) groups is 1. The molecule has 0 fully saturated rings. The number of carboxylic acid groups (broad SMARTS) is 1. The van der Waals surface area contributed by atoms with Crippen LogP contribution in [-0.2, 0) is 14.3 Å². The number of hydrogen-bond acceptors (Lipinski definition) is 3. The van der Waals surface area contributed by atoms with Crippen LogP contribution in [0.2, 0.25) is 0 Å². The fraction of sp³-hybridized carbons (Fsp3) is 0.950. The van der Waals surface area contributed by atoms with E-state index in [4.69, 9.17) is 9.47 Å². The number of hydrogen-bond donors (Lipinski definition) is 1. The minimum Gasteiger partial charge on any atom is -0.479 e. The summed E-state index contributed by atoms with van der Waals surface area (Å²) in [6, 6.07) is 0. The molecule has 1 N–H and O–H groups in total. The molecule has 0 aromatic carbocycles. The van der Waals surface area contributed by atoms with E-state index < -0.39 is 12.1 Å². The van der Waals surface area contributed by atoms with E-state index in [-0.39, 0.29) is 0 Å². The highest BCUT2D eigenvalue weighted by atomic mass is 16.5. The lowest BCUT2D eigenvalue weighted by Crippen LogP contribution is -2.25. The molecule has 0 aliphatic carbocycles. The zero-order valence-electron chi connectivity index (χ0n) is 16.1. The first-order valence-electron chi connectivity index (χ1n) is 10.1. The number of rotatable bonds is 19. The number of aliphatic carboxylic acids is 1. The van der Waals surface area contributed by atoms with Gasteiger partial charge in [-0.2, -0.15) is 0 Å². The van der Waals surface area contributed by atoms with Crippen molar-refractivity contribution < 1.29 is 19.4 Å². The Labute approximate surface area is 149 Å². The molecule has 24 heavy (non-hydrogen) atoms. The van der Waals surface area contributed by atoms with Crippen LogP contribution < -0.4 is 0 Å². The smallest absolute Gasteiger partial charge is 0.332 e. The Balaban J connectivity index is 3.49. The van der Waals surface area contributed by atoms with Gasteiger partial charge in [-0.25, -0.2) is 4.79 Å². The molecule has 0 spiro atoms. The fourth-order valence-corrected chi connectivity index (χ4v) is 2.72. The van der Waals surface area contributed by atoms with Crippen LogP contribution in [0.25, 0.3) is 0 Å². The predicted molar refractivity (Wildman–Crippen MR) is 99.6 cm³/mol. The van der Waals surface area contributed by atoms with Crippen molar-refractivity contribution in [3.63, 3.8) is 0 Å². The highest BCUT2D eigenvalue weighted by Crippen LogP contribution is 2.12. The van der Waals surface area contributed by atoms with Gasteiger partial charge in [-0.05, 0) is 12.8 Å². The fourth-order valence-electron chi connectivity index (χ4n) is 2.72. The summed E-state index contributed by atoms with van der Waals surface area (Å²) >= 11 is 0. The van der Waals surface area contributed by atoms with E-state index in [0.717, 1.165) is 25.9 Å². The van der Waals surface area contributed by atoms with Gasteiger partial charge in [-0.3, -0.25) is 0 Å². The van der Waals surface area contributed by atoms with Gasteiger partial charge in [-0.15, -0.1) is 0 Å². The molecular formula is C20H40O4. The Morgan fingerprint density at radius 1 is 0.750 bits per heavy atom. The maximum atomic E-state index is 11.2. The Kier molecular flexibility index (Phi) is 18.2. The summed E-state index contributed by atoms with van der Waals surface area (Å²) in [4.78, 5) is 11.2. The molecule has 0 aromatic heterocycles. The van der Waals surface area contributed by atoms with Crippen molar-refractivity contribution in [3.05, 3.63) is 0 Å². The summed E-state index contributed by atoms with van der Waals surface area (Å²) in [5.74, 6) is -0.846. The maximum absolute atomic E-state index is 11.2. The number of carboxylic acids is 1. The SMILES string of the molecule is CCCCCCCCCCC(OCCOCCCCCC)C(=O)O. The highest BCUT2D eigenvalue weighted by Gasteiger charge is 2.17. The van der Waals surface area contributed by atoms with Gasteiger partial charge in [0.1, 0.15) is 0 Å². The molecule has 1 atom stereocenters. The lowest BCUT2D eigenvalue weighted by atomic mass is 10.1. The Morgan fingerprint density at radius 3 is 1.88 bits per heavy atom. The molecule has 0 aliphatic rings. The second-order valence-electron chi connectivity index (χ2n) is 6.63. The molecule has 1 unspecified atom stereocenters. The van der Waals surface area contributed by atoms with E-state index in [1.54, 1.807) is 0 Å². The number of ether oxygens (including phenoxy) is 2. The van der Waals surface area contributed by atoms with Gasteiger partial charge in [-0.1, -0.05) is 84.5 Å². The molecule has 4 nitrogen and oxygen atoms in total. The standard InChI is InChI=1S/C20H40O4/c1-3-5-7-9-10-11-12-13-15-19(20(21)22)24-18-17-23-16-14-8-6-4-2/h19H,3-18H2,1-2H3,(H,21,22). The van der Waals surface area contributed by atoms with Crippen molar-refractivity contribution in [1.29, 1.82) is 0 Å². The Hall–Kier alpha value is -0.610. The van der Waals surface area contributed by atoms with Crippen LogP contribution >= 0.6 is 0 Å². The second-order valence-corrected chi connectivity index (χ2v) is 6.63. The van der Waals surface area contributed by atoms with Gasteiger partial charge in [0.2, 0.25) is 0 Å². The summed E-state index contributed by atoms with van der Waals surface area (Å²) in [7, 11) is 0. The summed E-state index contributed by atoms with van der Waals surface area (Å²) in [6.45, 7) is 6.03. The first-order valence-corrected chi connectivity index (χ1v) is 10.1. The van der Waals surface area contributed by atoms with Gasteiger partial charge in [0.25, 0.3) is 0 Å². The summed E-state index contributed by atoms with van der Waals surface area (Å²) < 4.78 is 10.9. The van der Waals surface area contributed by atoms with Crippen LogP contribution in [-0.4, -0.2) is 37.0 Å². The van der Waals surface area contributed by atoms with Gasteiger partial charge >= 0.3 is 5.97 Å². The van der Waals surface area contributed by atoms with Crippen molar-refractivity contribution >= 4 is 5.97 Å². The van der Waals surface area contributed by atoms with Crippen molar-refractivity contribution in [2.24, 2.45) is 0 Å². The van der Waals surface area contributed by atoms with E-state index in [1.165, 1.54) is 57.8 Å². The predicted octanol–water partition coefficient (Wildman–Crippen LogP) is 5.58. The molecule has 0 saturated carbocycles. The molecule has 0 rings (SSSR count). The monoisotopic (exact) mass is 344 g/mol. The minimum atomic E-state index is -0.846. The average molecular weight is 345 g/mol. The van der Waals surface area contributed by atoms with Gasteiger partial charge in [0.05, 0.1) is 13.2 Å². The van der Waals surface area contributed by atoms with Crippen LogP contribution in [0.1, 0.15) is 97.3 Å². The summed E-state index contributed by atoms with van der Waals surface area (Å²) in [5, 5.41) is 9.21. The van der Waals surface area contributed by atoms with E-state index in [2.05, 4.69) is 13.8 Å². The first kappa shape index (κ1) is 23.4. The molecule has 0 aromatic rings. The second kappa shape index (κ2) is 18.7. The quantitative estimate of drug-likeness (QED) is 0.311. The molecular weight excluding hydrogens is 304 g/mol. The van der Waals surface area contributed by atoms with Crippen LogP contribution in [0.3, 0.4) is 0 Å².